The van der Waals surface area contributed by atoms with Crippen LogP contribution in [-0.4, -0.2) is 63.3 Å². The summed E-state index contributed by atoms with van der Waals surface area (Å²) in [6.45, 7) is 1.10. The number of likely N-dealkylation sites (tertiary alicyclic amines) is 1. The minimum atomic E-state index is -0.270. The van der Waals surface area contributed by atoms with E-state index in [4.69, 9.17) is 39.3 Å². The molecule has 0 atom stereocenters. The first-order valence-electron chi connectivity index (χ1n) is 13.8. The molecule has 1 aliphatic rings. The largest absolute Gasteiger partial charge is 0.384 e. The Kier molecular flexibility index (Phi) is 8.70. The van der Waals surface area contributed by atoms with Crippen molar-refractivity contribution in [2.75, 3.05) is 25.5 Å². The normalized spacial score (nSPS) is 13.8. The van der Waals surface area contributed by atoms with Crippen LogP contribution in [0, 0.1) is 5.41 Å². The summed E-state index contributed by atoms with van der Waals surface area (Å²) in [5.74, 6) is 0.958. The lowest BCUT2D eigenvalue weighted by Gasteiger charge is -2.36. The summed E-state index contributed by atoms with van der Waals surface area (Å²) >= 11 is 12.3. The van der Waals surface area contributed by atoms with E-state index in [2.05, 4.69) is 9.88 Å². The lowest BCUT2D eigenvalue weighted by atomic mass is 10.0. The molecule has 4 N–H and O–H groups in total. The van der Waals surface area contributed by atoms with Gasteiger partial charge in [-0.25, -0.2) is 9.78 Å². The standard InChI is InChI=1S/C31H33Cl2N7O2/c1-38(31(42)37-24-5-3-4-23(32)28(24)33)22-14-16-40(17-15-22)30(41)21-11-12-26-25(18-21)36-27(39(26)2)13-8-19-6-9-20(10-7-19)29(34)35/h3-7,9-12,18,22H,8,13-17H2,1-2H3,(H3,34,35)(H,37,42). The number of nitrogen functional groups attached to an aromatic ring is 1. The highest BCUT2D eigenvalue weighted by molar-refractivity contribution is 6.44. The van der Waals surface area contributed by atoms with Crippen molar-refractivity contribution in [1.29, 1.82) is 5.41 Å². The highest BCUT2D eigenvalue weighted by Gasteiger charge is 2.28. The van der Waals surface area contributed by atoms with Gasteiger partial charge in [0, 0.05) is 50.8 Å². The lowest BCUT2D eigenvalue weighted by Crippen LogP contribution is -2.48. The minimum absolute atomic E-state index is 0.00787. The number of aryl methyl sites for hydroxylation is 3. The summed E-state index contributed by atoms with van der Waals surface area (Å²) in [5, 5.41) is 11.1. The van der Waals surface area contributed by atoms with E-state index in [9.17, 15) is 9.59 Å². The first-order chi connectivity index (χ1) is 20.1. The van der Waals surface area contributed by atoms with Gasteiger partial charge in [0.1, 0.15) is 11.7 Å². The zero-order chi connectivity index (χ0) is 30.0. The molecule has 5 rings (SSSR count). The molecule has 1 aromatic heterocycles. The topological polar surface area (TPSA) is 120 Å². The van der Waals surface area contributed by atoms with Crippen LogP contribution in [0.2, 0.25) is 10.0 Å². The molecule has 0 bridgehead atoms. The number of nitrogens with one attached hydrogen (secondary N) is 2. The Morgan fingerprint density at radius 2 is 1.74 bits per heavy atom. The Hall–Kier alpha value is -4.08. The van der Waals surface area contributed by atoms with Crippen LogP contribution < -0.4 is 11.1 Å². The number of urea groups is 1. The van der Waals surface area contributed by atoms with Crippen LogP contribution in [0.3, 0.4) is 0 Å². The number of benzene rings is 3. The summed E-state index contributed by atoms with van der Waals surface area (Å²) < 4.78 is 2.07. The second kappa shape index (κ2) is 12.4. The van der Waals surface area contributed by atoms with Crippen molar-refractivity contribution in [3.63, 3.8) is 0 Å². The van der Waals surface area contributed by atoms with Gasteiger partial charge in [-0.3, -0.25) is 10.2 Å². The van der Waals surface area contributed by atoms with Gasteiger partial charge in [-0.1, -0.05) is 53.5 Å². The van der Waals surface area contributed by atoms with Crippen LogP contribution >= 0.6 is 23.2 Å². The van der Waals surface area contributed by atoms with E-state index < -0.39 is 0 Å². The lowest BCUT2D eigenvalue weighted by molar-refractivity contribution is 0.0671. The number of amides is 3. The highest BCUT2D eigenvalue weighted by atomic mass is 35.5. The van der Waals surface area contributed by atoms with E-state index in [0.29, 0.717) is 52.8 Å². The van der Waals surface area contributed by atoms with Gasteiger partial charge in [0.05, 0.1) is 26.8 Å². The fraction of sp³-hybridized carbons (Fsp3) is 0.290. The Bertz CT molecular complexity index is 1640. The smallest absolute Gasteiger partial charge is 0.321 e. The second-order valence-corrected chi connectivity index (χ2v) is 11.4. The third-order valence-corrected chi connectivity index (χ3v) is 8.75. The molecule has 0 spiro atoms. The third-order valence-electron chi connectivity index (χ3n) is 7.94. The first kappa shape index (κ1) is 29.4. The number of nitrogens with two attached hydrogens (primary N) is 1. The molecule has 1 aliphatic heterocycles. The molecule has 4 aromatic rings. The number of anilines is 1. The fourth-order valence-electron chi connectivity index (χ4n) is 5.32. The number of carbonyl (C=O) groups excluding carboxylic acids is 2. The molecule has 3 amide bonds. The van der Waals surface area contributed by atoms with Gasteiger partial charge >= 0.3 is 6.03 Å². The maximum atomic E-state index is 13.4. The molecule has 1 saturated heterocycles. The second-order valence-electron chi connectivity index (χ2n) is 10.6. The van der Waals surface area contributed by atoms with Crippen LogP contribution in [0.4, 0.5) is 10.5 Å². The Balaban J connectivity index is 1.19. The molecule has 3 aromatic carbocycles. The molecule has 0 saturated carbocycles. The monoisotopic (exact) mass is 605 g/mol. The quantitative estimate of drug-likeness (QED) is 0.184. The summed E-state index contributed by atoms with van der Waals surface area (Å²) in [7, 11) is 3.74. The van der Waals surface area contributed by atoms with Gasteiger partial charge in [-0.2, -0.15) is 0 Å². The zero-order valence-electron chi connectivity index (χ0n) is 23.5. The van der Waals surface area contributed by atoms with Gasteiger partial charge in [0.2, 0.25) is 0 Å². The van der Waals surface area contributed by atoms with Gasteiger partial charge in [0.25, 0.3) is 5.91 Å². The molecule has 9 nitrogen and oxygen atoms in total. The van der Waals surface area contributed by atoms with E-state index >= 15 is 0 Å². The SMILES string of the molecule is CN(C(=O)Nc1cccc(Cl)c1Cl)C1CCN(C(=O)c2ccc3c(c2)nc(CCc2ccc(C(=N)N)cc2)n3C)CC1. The Morgan fingerprint density at radius 1 is 1.05 bits per heavy atom. The van der Waals surface area contributed by atoms with Gasteiger partial charge in [0.15, 0.2) is 0 Å². The summed E-state index contributed by atoms with van der Waals surface area (Å²) in [6.07, 6.45) is 2.88. The van der Waals surface area contributed by atoms with Crippen molar-refractivity contribution in [1.82, 2.24) is 19.4 Å². The van der Waals surface area contributed by atoms with Crippen LogP contribution in [0.1, 0.15) is 40.2 Å². The van der Waals surface area contributed by atoms with Crippen LogP contribution in [0.5, 0.6) is 0 Å². The number of aromatic nitrogens is 2. The predicted molar refractivity (Wildman–Crippen MR) is 168 cm³/mol. The number of imidazole rings is 1. The van der Waals surface area contributed by atoms with Crippen molar-refractivity contribution in [2.24, 2.45) is 12.8 Å². The number of rotatable bonds is 7. The average Bonchev–Trinajstić information content (AvgIpc) is 3.32. The number of halogens is 2. The van der Waals surface area contributed by atoms with Crippen molar-refractivity contribution in [2.45, 2.75) is 31.7 Å². The van der Waals surface area contributed by atoms with Crippen molar-refractivity contribution < 1.29 is 9.59 Å². The zero-order valence-corrected chi connectivity index (χ0v) is 25.0. The molecule has 2 heterocycles. The molecule has 1 fully saturated rings. The van der Waals surface area contributed by atoms with Crippen molar-refractivity contribution in [3.8, 4) is 0 Å². The number of piperidine rings is 1. The molecular formula is C31H33Cl2N7O2. The third kappa shape index (κ3) is 6.22. The summed E-state index contributed by atoms with van der Waals surface area (Å²) in [6, 6.07) is 18.2. The molecule has 0 aliphatic carbocycles. The van der Waals surface area contributed by atoms with Gasteiger partial charge in [-0.15, -0.1) is 0 Å². The number of hydrogen-bond donors (Lipinski definition) is 3. The number of hydrogen-bond acceptors (Lipinski definition) is 4. The molecule has 0 radical (unpaired) electrons. The number of nitrogens with zero attached hydrogens (tertiary/aromatic N) is 4. The van der Waals surface area contributed by atoms with Crippen LogP contribution in [0.15, 0.2) is 60.7 Å². The molecule has 11 heteroatoms. The fourth-order valence-corrected chi connectivity index (χ4v) is 5.67. The average molecular weight is 607 g/mol. The molecule has 218 valence electrons. The van der Waals surface area contributed by atoms with Gasteiger partial charge < -0.3 is 25.4 Å². The van der Waals surface area contributed by atoms with Crippen molar-refractivity contribution >= 4 is 57.7 Å². The summed E-state index contributed by atoms with van der Waals surface area (Å²) in [5.41, 5.74) is 10.2. The van der Waals surface area contributed by atoms with E-state index in [1.807, 2.05) is 54.4 Å². The van der Waals surface area contributed by atoms with Gasteiger partial charge in [-0.05, 0) is 55.2 Å². The maximum Gasteiger partial charge on any atom is 0.321 e. The number of fused-ring (bicyclic) bond motifs is 1. The van der Waals surface area contributed by atoms with Crippen LogP contribution in [-0.2, 0) is 19.9 Å². The van der Waals surface area contributed by atoms with E-state index in [1.54, 1.807) is 30.1 Å². The minimum Gasteiger partial charge on any atom is -0.384 e. The molecule has 42 heavy (non-hydrogen) atoms. The highest BCUT2D eigenvalue weighted by Crippen LogP contribution is 2.30. The Labute approximate surface area is 254 Å². The van der Waals surface area contributed by atoms with E-state index in [-0.39, 0.29) is 23.8 Å². The number of carbonyl (C=O) groups is 2. The van der Waals surface area contributed by atoms with Crippen molar-refractivity contribution in [3.05, 3.63) is 93.2 Å². The van der Waals surface area contributed by atoms with Crippen LogP contribution in [0.25, 0.3) is 11.0 Å². The molecule has 0 unspecified atom stereocenters. The first-order valence-corrected chi connectivity index (χ1v) is 14.5. The Morgan fingerprint density at radius 3 is 2.43 bits per heavy atom. The molecular weight excluding hydrogens is 573 g/mol. The summed E-state index contributed by atoms with van der Waals surface area (Å²) in [4.78, 5) is 34.6. The van der Waals surface area contributed by atoms with E-state index in [1.165, 1.54) is 0 Å². The van der Waals surface area contributed by atoms with E-state index in [0.717, 1.165) is 35.3 Å². The maximum absolute atomic E-state index is 13.4. The number of amidine groups is 1. The predicted octanol–water partition coefficient (Wildman–Crippen LogP) is 5.72.